The zero-order valence-electron chi connectivity index (χ0n) is 8.46. The van der Waals surface area contributed by atoms with Gasteiger partial charge < -0.3 is 5.32 Å². The van der Waals surface area contributed by atoms with Crippen molar-refractivity contribution in [3.63, 3.8) is 0 Å². The number of pyridine rings is 1. The maximum atomic E-state index is 4.31. The average molecular weight is 176 g/mol. The van der Waals surface area contributed by atoms with Crippen LogP contribution in [0.15, 0.2) is 18.8 Å². The van der Waals surface area contributed by atoms with Crippen molar-refractivity contribution in [2.24, 2.45) is 0 Å². The fraction of sp³-hybridized carbons (Fsp3) is 0.364. The van der Waals surface area contributed by atoms with Crippen molar-refractivity contribution in [2.45, 2.75) is 19.8 Å². The van der Waals surface area contributed by atoms with Crippen LogP contribution in [0.2, 0.25) is 0 Å². The summed E-state index contributed by atoms with van der Waals surface area (Å²) in [5.74, 6) is 0.512. The third-order valence-corrected chi connectivity index (χ3v) is 2.07. The highest BCUT2D eigenvalue weighted by Gasteiger charge is 2.03. The summed E-state index contributed by atoms with van der Waals surface area (Å²) in [5, 5.41) is 3.11. The lowest BCUT2D eigenvalue weighted by Gasteiger charge is -2.09. The van der Waals surface area contributed by atoms with Crippen LogP contribution in [-0.2, 0) is 0 Å². The zero-order valence-corrected chi connectivity index (χ0v) is 8.46. The lowest BCUT2D eigenvalue weighted by Crippen LogP contribution is -1.97. The number of nitrogens with zero attached hydrogens (tertiary/aromatic N) is 1. The van der Waals surface area contributed by atoms with Gasteiger partial charge in [-0.05, 0) is 23.6 Å². The molecule has 1 heterocycles. The fourth-order valence-corrected chi connectivity index (χ4v) is 1.17. The van der Waals surface area contributed by atoms with Gasteiger partial charge in [0.15, 0.2) is 0 Å². The smallest absolute Gasteiger partial charge is 0.0855 e. The van der Waals surface area contributed by atoms with E-state index in [4.69, 9.17) is 0 Å². The summed E-state index contributed by atoms with van der Waals surface area (Å²) in [4.78, 5) is 4.31. The van der Waals surface area contributed by atoms with Gasteiger partial charge in [0.1, 0.15) is 0 Å². The lowest BCUT2D eigenvalue weighted by molar-refractivity contribution is 0.858. The Bertz CT molecular complexity index is 303. The molecule has 13 heavy (non-hydrogen) atoms. The molecule has 0 aliphatic rings. The molecule has 1 rings (SSSR count). The predicted molar refractivity (Wildman–Crippen MR) is 58.0 cm³/mol. The molecule has 0 unspecified atom stereocenters. The number of nitrogens with one attached hydrogen (secondary N) is 1. The van der Waals surface area contributed by atoms with Gasteiger partial charge in [-0.15, -0.1) is 0 Å². The summed E-state index contributed by atoms with van der Waals surface area (Å²) in [6, 6.07) is 2.12. The van der Waals surface area contributed by atoms with Gasteiger partial charge in [0.25, 0.3) is 0 Å². The summed E-state index contributed by atoms with van der Waals surface area (Å²) in [5.41, 5.74) is 3.20. The second kappa shape index (κ2) is 4.08. The molecule has 0 saturated carbocycles. The van der Waals surface area contributed by atoms with Gasteiger partial charge in [0.2, 0.25) is 0 Å². The van der Waals surface area contributed by atoms with E-state index in [1.54, 1.807) is 6.08 Å². The van der Waals surface area contributed by atoms with E-state index in [9.17, 15) is 0 Å². The van der Waals surface area contributed by atoms with Gasteiger partial charge in [-0.25, -0.2) is 0 Å². The second-order valence-electron chi connectivity index (χ2n) is 3.31. The Labute approximate surface area is 79.7 Å². The van der Waals surface area contributed by atoms with Crippen LogP contribution < -0.4 is 5.32 Å². The molecule has 0 fully saturated rings. The SMILES string of the molecule is C=Cc1ncc(C(C)C)cc1NC. The number of hydrogen-bond acceptors (Lipinski definition) is 2. The molecule has 2 nitrogen and oxygen atoms in total. The normalized spacial score (nSPS) is 10.2. The van der Waals surface area contributed by atoms with E-state index in [2.05, 4.69) is 36.8 Å². The quantitative estimate of drug-likeness (QED) is 0.766. The molecule has 1 aromatic rings. The molecule has 1 N–H and O–H groups in total. The Kier molecular flexibility index (Phi) is 3.07. The highest BCUT2D eigenvalue weighted by atomic mass is 14.9. The van der Waals surface area contributed by atoms with E-state index in [-0.39, 0.29) is 0 Å². The molecule has 0 aromatic carbocycles. The molecule has 2 heteroatoms. The Hall–Kier alpha value is -1.31. The van der Waals surface area contributed by atoms with E-state index < -0.39 is 0 Å². The number of hydrogen-bond donors (Lipinski definition) is 1. The summed E-state index contributed by atoms with van der Waals surface area (Å²) >= 11 is 0. The molecule has 0 amide bonds. The van der Waals surface area contributed by atoms with Gasteiger partial charge in [-0.3, -0.25) is 4.98 Å². The van der Waals surface area contributed by atoms with Crippen molar-refractivity contribution in [2.75, 3.05) is 12.4 Å². The first-order valence-corrected chi connectivity index (χ1v) is 4.49. The summed E-state index contributed by atoms with van der Waals surface area (Å²) in [6.45, 7) is 8.03. The molecule has 0 atom stereocenters. The van der Waals surface area contributed by atoms with Crippen molar-refractivity contribution in [1.82, 2.24) is 4.98 Å². The first kappa shape index (κ1) is 9.78. The Morgan fingerprint density at radius 2 is 2.23 bits per heavy atom. The predicted octanol–water partition coefficient (Wildman–Crippen LogP) is 2.89. The van der Waals surface area contributed by atoms with Gasteiger partial charge >= 0.3 is 0 Å². The zero-order chi connectivity index (χ0) is 9.84. The van der Waals surface area contributed by atoms with Crippen LogP contribution >= 0.6 is 0 Å². The second-order valence-corrected chi connectivity index (χ2v) is 3.31. The maximum absolute atomic E-state index is 4.31. The molecule has 70 valence electrons. The standard InChI is InChI=1S/C11H16N2/c1-5-10-11(12-4)6-9(7-13-10)8(2)3/h5-8,12H,1H2,2-4H3. The Morgan fingerprint density at radius 3 is 2.69 bits per heavy atom. The third-order valence-electron chi connectivity index (χ3n) is 2.07. The number of anilines is 1. The monoisotopic (exact) mass is 176 g/mol. The van der Waals surface area contributed by atoms with Crippen LogP contribution in [0.1, 0.15) is 31.0 Å². The van der Waals surface area contributed by atoms with Gasteiger partial charge in [-0.2, -0.15) is 0 Å². The van der Waals surface area contributed by atoms with E-state index in [1.165, 1.54) is 5.56 Å². The fourth-order valence-electron chi connectivity index (χ4n) is 1.17. The highest BCUT2D eigenvalue weighted by Crippen LogP contribution is 2.20. The Morgan fingerprint density at radius 1 is 1.54 bits per heavy atom. The maximum Gasteiger partial charge on any atom is 0.0855 e. The topological polar surface area (TPSA) is 24.9 Å². The number of rotatable bonds is 3. The molecular formula is C11H16N2. The molecule has 0 bridgehead atoms. The molecule has 0 spiro atoms. The molecule has 0 saturated heterocycles. The van der Waals surface area contributed by atoms with Crippen LogP contribution in [-0.4, -0.2) is 12.0 Å². The van der Waals surface area contributed by atoms with Crippen LogP contribution in [0, 0.1) is 0 Å². The molecule has 0 aliphatic heterocycles. The van der Waals surface area contributed by atoms with E-state index in [0.29, 0.717) is 5.92 Å². The molecule has 0 aliphatic carbocycles. The summed E-state index contributed by atoms with van der Waals surface area (Å²) in [7, 11) is 1.90. The van der Waals surface area contributed by atoms with Crippen molar-refractivity contribution in [1.29, 1.82) is 0 Å². The van der Waals surface area contributed by atoms with E-state index in [0.717, 1.165) is 11.4 Å². The minimum Gasteiger partial charge on any atom is -0.386 e. The first-order chi connectivity index (χ1) is 6.19. The van der Waals surface area contributed by atoms with Crippen molar-refractivity contribution in [3.8, 4) is 0 Å². The molecule has 1 aromatic heterocycles. The summed E-state index contributed by atoms with van der Waals surface area (Å²) in [6.07, 6.45) is 3.67. The lowest BCUT2D eigenvalue weighted by atomic mass is 10.0. The van der Waals surface area contributed by atoms with Gasteiger partial charge in [-0.1, -0.05) is 20.4 Å². The van der Waals surface area contributed by atoms with Gasteiger partial charge in [0.05, 0.1) is 11.4 Å². The van der Waals surface area contributed by atoms with E-state index >= 15 is 0 Å². The minimum atomic E-state index is 0.512. The van der Waals surface area contributed by atoms with Crippen molar-refractivity contribution >= 4 is 11.8 Å². The highest BCUT2D eigenvalue weighted by molar-refractivity contribution is 5.62. The van der Waals surface area contributed by atoms with Crippen molar-refractivity contribution < 1.29 is 0 Å². The largest absolute Gasteiger partial charge is 0.386 e. The van der Waals surface area contributed by atoms with Crippen molar-refractivity contribution in [3.05, 3.63) is 30.1 Å². The number of aromatic nitrogens is 1. The average Bonchev–Trinajstić information content (AvgIpc) is 2.16. The Balaban J connectivity index is 3.12. The molecular weight excluding hydrogens is 160 g/mol. The van der Waals surface area contributed by atoms with Crippen LogP contribution in [0.3, 0.4) is 0 Å². The van der Waals surface area contributed by atoms with Crippen LogP contribution in [0.25, 0.3) is 6.08 Å². The summed E-state index contributed by atoms with van der Waals surface area (Å²) < 4.78 is 0. The van der Waals surface area contributed by atoms with Gasteiger partial charge in [0, 0.05) is 13.2 Å². The minimum absolute atomic E-state index is 0.512. The molecule has 0 radical (unpaired) electrons. The van der Waals surface area contributed by atoms with E-state index in [1.807, 2.05) is 13.2 Å². The first-order valence-electron chi connectivity index (χ1n) is 4.49. The van der Waals surface area contributed by atoms with Crippen LogP contribution in [0.4, 0.5) is 5.69 Å². The third kappa shape index (κ3) is 2.08. The van der Waals surface area contributed by atoms with Crippen LogP contribution in [0.5, 0.6) is 0 Å².